The number of thiophene rings is 1. The average molecular weight is 292 g/mol. The van der Waals surface area contributed by atoms with Crippen LogP contribution in [0.5, 0.6) is 0 Å². The summed E-state index contributed by atoms with van der Waals surface area (Å²) < 4.78 is 1.09. The first-order valence-electron chi connectivity index (χ1n) is 4.95. The topological polar surface area (TPSA) is 46.2 Å². The van der Waals surface area contributed by atoms with E-state index in [0.717, 1.165) is 8.66 Å². The molecule has 3 N–H and O–H groups in total. The SMILES string of the molecule is CC(C)(C)C(O)(CN)Cc1ccc(Br)s1. The number of hydrogen-bond donors (Lipinski definition) is 2. The molecule has 15 heavy (non-hydrogen) atoms. The molecule has 1 atom stereocenters. The Kier molecular flexibility index (Phi) is 3.98. The minimum Gasteiger partial charge on any atom is -0.388 e. The van der Waals surface area contributed by atoms with Crippen LogP contribution in [0.2, 0.25) is 0 Å². The van der Waals surface area contributed by atoms with Crippen molar-refractivity contribution in [3.8, 4) is 0 Å². The first kappa shape index (κ1) is 13.2. The molecule has 1 aromatic heterocycles. The Morgan fingerprint density at radius 2 is 2.00 bits per heavy atom. The molecule has 86 valence electrons. The van der Waals surface area contributed by atoms with Crippen LogP contribution in [-0.2, 0) is 6.42 Å². The highest BCUT2D eigenvalue weighted by molar-refractivity contribution is 9.11. The quantitative estimate of drug-likeness (QED) is 0.900. The molecule has 0 aliphatic heterocycles. The van der Waals surface area contributed by atoms with Crippen molar-refractivity contribution in [3.05, 3.63) is 20.8 Å². The number of hydrogen-bond acceptors (Lipinski definition) is 3. The largest absolute Gasteiger partial charge is 0.388 e. The second kappa shape index (κ2) is 4.53. The molecular formula is C11H18BrNOS. The standard InChI is InChI=1S/C11H18BrNOS/c1-10(2,3)11(14,7-13)6-8-4-5-9(12)15-8/h4-5,14H,6-7,13H2,1-3H3. The van der Waals surface area contributed by atoms with Gasteiger partial charge in [-0.25, -0.2) is 0 Å². The Morgan fingerprint density at radius 1 is 1.40 bits per heavy atom. The molecule has 1 aromatic rings. The number of aliphatic hydroxyl groups is 1. The Balaban J connectivity index is 2.86. The van der Waals surface area contributed by atoms with E-state index in [4.69, 9.17) is 5.73 Å². The van der Waals surface area contributed by atoms with Crippen LogP contribution >= 0.6 is 27.3 Å². The van der Waals surface area contributed by atoms with Gasteiger partial charge in [0.05, 0.1) is 9.39 Å². The molecule has 0 aromatic carbocycles. The lowest BCUT2D eigenvalue weighted by Gasteiger charge is -2.39. The monoisotopic (exact) mass is 291 g/mol. The van der Waals surface area contributed by atoms with Crippen molar-refractivity contribution in [3.63, 3.8) is 0 Å². The van der Waals surface area contributed by atoms with Crippen LogP contribution in [-0.4, -0.2) is 17.3 Å². The van der Waals surface area contributed by atoms with E-state index in [1.807, 2.05) is 32.9 Å². The summed E-state index contributed by atoms with van der Waals surface area (Å²) in [5.74, 6) is 0. The van der Waals surface area contributed by atoms with Gasteiger partial charge in [-0.05, 0) is 33.5 Å². The van der Waals surface area contributed by atoms with Gasteiger partial charge in [-0.1, -0.05) is 20.8 Å². The molecule has 0 radical (unpaired) electrons. The summed E-state index contributed by atoms with van der Waals surface area (Å²) in [6.07, 6.45) is 0.614. The minimum atomic E-state index is -0.836. The van der Waals surface area contributed by atoms with E-state index in [1.54, 1.807) is 11.3 Å². The summed E-state index contributed by atoms with van der Waals surface area (Å²) in [4.78, 5) is 1.16. The highest BCUT2D eigenvalue weighted by atomic mass is 79.9. The van der Waals surface area contributed by atoms with E-state index in [1.165, 1.54) is 0 Å². The van der Waals surface area contributed by atoms with Crippen LogP contribution < -0.4 is 5.73 Å². The van der Waals surface area contributed by atoms with Gasteiger partial charge in [0.1, 0.15) is 0 Å². The van der Waals surface area contributed by atoms with Gasteiger partial charge >= 0.3 is 0 Å². The average Bonchev–Trinajstić information content (AvgIpc) is 2.49. The third-order valence-electron chi connectivity index (χ3n) is 2.83. The second-order valence-corrected chi connectivity index (χ2v) is 7.42. The minimum absolute atomic E-state index is 0.210. The summed E-state index contributed by atoms with van der Waals surface area (Å²) in [6.45, 7) is 6.33. The van der Waals surface area contributed by atoms with Gasteiger partial charge in [0.25, 0.3) is 0 Å². The van der Waals surface area contributed by atoms with Crippen molar-refractivity contribution in [1.29, 1.82) is 0 Å². The van der Waals surface area contributed by atoms with E-state index < -0.39 is 5.60 Å². The molecule has 0 aliphatic rings. The molecule has 1 rings (SSSR count). The zero-order chi connectivity index (χ0) is 11.7. The van der Waals surface area contributed by atoms with Crippen molar-refractivity contribution in [2.75, 3.05) is 6.54 Å². The van der Waals surface area contributed by atoms with E-state index >= 15 is 0 Å². The highest BCUT2D eigenvalue weighted by Crippen LogP contribution is 2.35. The normalized spacial score (nSPS) is 16.4. The Bertz CT molecular complexity index is 332. The van der Waals surface area contributed by atoms with Crippen molar-refractivity contribution < 1.29 is 5.11 Å². The molecule has 0 fully saturated rings. The van der Waals surface area contributed by atoms with Crippen molar-refractivity contribution >= 4 is 27.3 Å². The van der Waals surface area contributed by atoms with Gasteiger partial charge in [0.15, 0.2) is 0 Å². The second-order valence-electron chi connectivity index (χ2n) is 4.87. The predicted octanol–water partition coefficient (Wildman–Crippen LogP) is 2.79. The van der Waals surface area contributed by atoms with E-state index in [-0.39, 0.29) is 12.0 Å². The molecule has 0 saturated carbocycles. The molecule has 0 aliphatic carbocycles. The zero-order valence-corrected chi connectivity index (χ0v) is 11.8. The number of nitrogens with two attached hydrogens (primary N) is 1. The fourth-order valence-electron chi connectivity index (χ4n) is 1.38. The molecule has 1 unspecified atom stereocenters. The summed E-state index contributed by atoms with van der Waals surface area (Å²) >= 11 is 5.06. The number of halogens is 1. The molecule has 0 amide bonds. The zero-order valence-electron chi connectivity index (χ0n) is 9.38. The van der Waals surface area contributed by atoms with Gasteiger partial charge in [0.2, 0.25) is 0 Å². The summed E-state index contributed by atoms with van der Waals surface area (Å²) in [5, 5.41) is 10.5. The molecule has 0 bridgehead atoms. The maximum absolute atomic E-state index is 10.5. The first-order valence-corrected chi connectivity index (χ1v) is 6.56. The first-order chi connectivity index (χ1) is 6.78. The Hall–Kier alpha value is 0.1000. The van der Waals surface area contributed by atoms with E-state index in [2.05, 4.69) is 15.9 Å². The molecule has 0 saturated heterocycles. The van der Waals surface area contributed by atoms with Gasteiger partial charge in [-0.2, -0.15) is 0 Å². The van der Waals surface area contributed by atoms with Crippen LogP contribution in [0.15, 0.2) is 15.9 Å². The third-order valence-corrected chi connectivity index (χ3v) is 4.45. The lowest BCUT2D eigenvalue weighted by atomic mass is 9.74. The Morgan fingerprint density at radius 3 is 2.33 bits per heavy atom. The maximum Gasteiger partial charge on any atom is 0.0865 e. The van der Waals surface area contributed by atoms with Crippen molar-refractivity contribution in [1.82, 2.24) is 0 Å². The molecular weight excluding hydrogens is 274 g/mol. The molecule has 4 heteroatoms. The molecule has 2 nitrogen and oxygen atoms in total. The smallest absolute Gasteiger partial charge is 0.0865 e. The number of rotatable bonds is 3. The lowest BCUT2D eigenvalue weighted by Crippen LogP contribution is -2.50. The van der Waals surface area contributed by atoms with Crippen molar-refractivity contribution in [2.45, 2.75) is 32.8 Å². The van der Waals surface area contributed by atoms with Crippen LogP contribution in [0.1, 0.15) is 25.6 Å². The van der Waals surface area contributed by atoms with Gasteiger partial charge in [-0.15, -0.1) is 11.3 Å². The van der Waals surface area contributed by atoms with E-state index in [0.29, 0.717) is 6.42 Å². The van der Waals surface area contributed by atoms with Gasteiger partial charge in [0, 0.05) is 17.8 Å². The fourth-order valence-corrected chi connectivity index (χ4v) is 2.97. The van der Waals surface area contributed by atoms with Crippen LogP contribution in [0.25, 0.3) is 0 Å². The van der Waals surface area contributed by atoms with Crippen LogP contribution in [0.4, 0.5) is 0 Å². The lowest BCUT2D eigenvalue weighted by molar-refractivity contribution is -0.0484. The van der Waals surface area contributed by atoms with Gasteiger partial charge < -0.3 is 10.8 Å². The van der Waals surface area contributed by atoms with E-state index in [9.17, 15) is 5.11 Å². The molecule has 0 spiro atoms. The third kappa shape index (κ3) is 3.03. The maximum atomic E-state index is 10.5. The molecule has 1 heterocycles. The highest BCUT2D eigenvalue weighted by Gasteiger charge is 2.39. The van der Waals surface area contributed by atoms with Gasteiger partial charge in [-0.3, -0.25) is 0 Å². The van der Waals surface area contributed by atoms with Crippen molar-refractivity contribution in [2.24, 2.45) is 11.1 Å². The van der Waals surface area contributed by atoms with Crippen LogP contribution in [0, 0.1) is 5.41 Å². The van der Waals surface area contributed by atoms with Crippen LogP contribution in [0.3, 0.4) is 0 Å². The fraction of sp³-hybridized carbons (Fsp3) is 0.636. The summed E-state index contributed by atoms with van der Waals surface area (Å²) in [7, 11) is 0. The Labute approximate surface area is 104 Å². The summed E-state index contributed by atoms with van der Waals surface area (Å²) in [5.41, 5.74) is 4.64. The predicted molar refractivity (Wildman–Crippen MR) is 69.2 cm³/mol. The summed E-state index contributed by atoms with van der Waals surface area (Å²) in [6, 6.07) is 4.03.